The molecule has 2 N–H and O–H groups in total. The topological polar surface area (TPSA) is 75.3 Å². The van der Waals surface area contributed by atoms with E-state index in [4.69, 9.17) is 0 Å². The molecule has 3 rings (SSSR count). The van der Waals surface area contributed by atoms with Crippen LogP contribution in [0.3, 0.4) is 0 Å². The lowest BCUT2D eigenvalue weighted by molar-refractivity contribution is -0.116. The third-order valence-corrected chi connectivity index (χ3v) is 5.94. The van der Waals surface area contributed by atoms with Crippen molar-refractivity contribution in [3.8, 4) is 0 Å². The van der Waals surface area contributed by atoms with Gasteiger partial charge in [0.15, 0.2) is 11.6 Å². The van der Waals surface area contributed by atoms with Gasteiger partial charge >= 0.3 is 0 Å². The number of nitrogens with one attached hydrogen (secondary N) is 2. The molecule has 0 bridgehead atoms. The zero-order chi connectivity index (χ0) is 19.4. The fraction of sp³-hybridized carbons (Fsp3) is 0.316. The highest BCUT2D eigenvalue weighted by molar-refractivity contribution is 7.89. The predicted octanol–water partition coefficient (Wildman–Crippen LogP) is 3.15. The molecule has 5 nitrogen and oxygen atoms in total. The van der Waals surface area contributed by atoms with E-state index in [1.54, 1.807) is 12.1 Å². The highest BCUT2D eigenvalue weighted by Crippen LogP contribution is 2.24. The molecule has 1 aliphatic rings. The second-order valence-corrected chi connectivity index (χ2v) is 8.23. The van der Waals surface area contributed by atoms with Crippen LogP contribution in [0.5, 0.6) is 0 Å². The van der Waals surface area contributed by atoms with Gasteiger partial charge in [0.05, 0.1) is 4.90 Å². The van der Waals surface area contributed by atoms with Gasteiger partial charge in [0.2, 0.25) is 15.9 Å². The van der Waals surface area contributed by atoms with Gasteiger partial charge in [-0.05, 0) is 61.1 Å². The van der Waals surface area contributed by atoms with Crippen molar-refractivity contribution in [3.63, 3.8) is 0 Å². The molecule has 0 aliphatic heterocycles. The third kappa shape index (κ3) is 4.90. The molecule has 0 saturated heterocycles. The standard InChI is InChI=1S/C19H20F2N2O3S/c20-17-8-6-15(12-18(17)21)23-19(24)9-10-22-27(25,26)16-7-5-13-3-1-2-4-14(13)11-16/h5-8,11-12,22H,1-4,9-10H2,(H,23,24). The first-order chi connectivity index (χ1) is 12.8. The van der Waals surface area contributed by atoms with Crippen molar-refractivity contribution in [2.75, 3.05) is 11.9 Å². The average Bonchev–Trinajstić information content (AvgIpc) is 2.64. The molecule has 0 aromatic heterocycles. The predicted molar refractivity (Wildman–Crippen MR) is 97.9 cm³/mol. The van der Waals surface area contributed by atoms with E-state index in [0.29, 0.717) is 0 Å². The Hall–Kier alpha value is -2.32. The lowest BCUT2D eigenvalue weighted by atomic mass is 9.92. The third-order valence-electron chi connectivity index (χ3n) is 4.48. The second kappa shape index (κ2) is 8.14. The summed E-state index contributed by atoms with van der Waals surface area (Å²) in [6.45, 7) is -0.102. The molecule has 1 amide bonds. The Bertz CT molecular complexity index is 961. The average molecular weight is 394 g/mol. The van der Waals surface area contributed by atoms with E-state index in [0.717, 1.165) is 43.4 Å². The maximum Gasteiger partial charge on any atom is 0.240 e. The monoisotopic (exact) mass is 394 g/mol. The van der Waals surface area contributed by atoms with Crippen molar-refractivity contribution < 1.29 is 22.0 Å². The van der Waals surface area contributed by atoms with Crippen LogP contribution in [-0.2, 0) is 27.7 Å². The lowest BCUT2D eigenvalue weighted by Gasteiger charge is -2.16. The van der Waals surface area contributed by atoms with Crippen molar-refractivity contribution >= 4 is 21.6 Å². The summed E-state index contributed by atoms with van der Waals surface area (Å²) in [5.74, 6) is -2.58. The van der Waals surface area contributed by atoms with Crippen LogP contribution in [0.2, 0.25) is 0 Å². The Balaban J connectivity index is 1.55. The molecule has 0 fully saturated rings. The van der Waals surface area contributed by atoms with Crippen molar-refractivity contribution in [1.82, 2.24) is 4.72 Å². The minimum Gasteiger partial charge on any atom is -0.326 e. The van der Waals surface area contributed by atoms with Gasteiger partial charge < -0.3 is 5.32 Å². The highest BCUT2D eigenvalue weighted by atomic mass is 32.2. The quantitative estimate of drug-likeness (QED) is 0.790. The first-order valence-electron chi connectivity index (χ1n) is 8.71. The summed E-state index contributed by atoms with van der Waals surface area (Å²) in [6.07, 6.45) is 3.87. The number of rotatable bonds is 6. The number of benzene rings is 2. The van der Waals surface area contributed by atoms with Gasteiger partial charge in [-0.15, -0.1) is 0 Å². The summed E-state index contributed by atoms with van der Waals surface area (Å²) >= 11 is 0. The van der Waals surface area contributed by atoms with E-state index in [-0.39, 0.29) is 23.5 Å². The summed E-state index contributed by atoms with van der Waals surface area (Å²) < 4.78 is 53.2. The van der Waals surface area contributed by atoms with Crippen LogP contribution >= 0.6 is 0 Å². The summed E-state index contributed by atoms with van der Waals surface area (Å²) in [7, 11) is -3.71. The van der Waals surface area contributed by atoms with Gasteiger partial charge in [-0.2, -0.15) is 0 Å². The second-order valence-electron chi connectivity index (χ2n) is 6.46. The van der Waals surface area contributed by atoms with Gasteiger partial charge in [0.1, 0.15) is 0 Å². The Labute approximate surface area is 156 Å². The number of anilines is 1. The molecule has 2 aromatic carbocycles. The number of fused-ring (bicyclic) bond motifs is 1. The van der Waals surface area contributed by atoms with Crippen LogP contribution in [0.25, 0.3) is 0 Å². The number of amides is 1. The van der Waals surface area contributed by atoms with Crippen LogP contribution in [0.1, 0.15) is 30.4 Å². The molecule has 0 spiro atoms. The molecule has 0 heterocycles. The van der Waals surface area contributed by atoms with Crippen molar-refractivity contribution in [2.24, 2.45) is 0 Å². The van der Waals surface area contributed by atoms with Gasteiger partial charge in [0, 0.05) is 24.7 Å². The van der Waals surface area contributed by atoms with Crippen LogP contribution in [0, 0.1) is 11.6 Å². The van der Waals surface area contributed by atoms with Crippen molar-refractivity contribution in [2.45, 2.75) is 37.0 Å². The molecule has 0 saturated carbocycles. The summed E-state index contributed by atoms with van der Waals surface area (Å²) in [4.78, 5) is 12.0. The van der Waals surface area contributed by atoms with E-state index in [1.807, 2.05) is 6.07 Å². The fourth-order valence-electron chi connectivity index (χ4n) is 3.06. The molecular formula is C19H20F2N2O3S. The molecule has 0 radical (unpaired) electrons. The van der Waals surface area contributed by atoms with Gasteiger partial charge in [-0.25, -0.2) is 21.9 Å². The Morgan fingerprint density at radius 3 is 2.44 bits per heavy atom. The first-order valence-corrected chi connectivity index (χ1v) is 10.2. The Morgan fingerprint density at radius 1 is 0.963 bits per heavy atom. The minimum atomic E-state index is -3.71. The number of hydrogen-bond acceptors (Lipinski definition) is 3. The molecule has 1 aliphatic carbocycles. The Morgan fingerprint density at radius 2 is 1.70 bits per heavy atom. The summed E-state index contributed by atoms with van der Waals surface area (Å²) in [5, 5.41) is 2.40. The molecule has 0 atom stereocenters. The van der Waals surface area contributed by atoms with Crippen molar-refractivity contribution in [1.29, 1.82) is 0 Å². The SMILES string of the molecule is O=C(CCNS(=O)(=O)c1ccc2c(c1)CCCC2)Nc1ccc(F)c(F)c1. The van der Waals surface area contributed by atoms with Crippen LogP contribution < -0.4 is 10.0 Å². The zero-order valence-electron chi connectivity index (χ0n) is 14.6. The number of halogens is 2. The molecule has 0 unspecified atom stereocenters. The minimum absolute atomic E-state index is 0.102. The van der Waals surface area contributed by atoms with Crippen molar-refractivity contribution in [3.05, 3.63) is 59.2 Å². The van der Waals surface area contributed by atoms with Gasteiger partial charge in [-0.3, -0.25) is 4.79 Å². The summed E-state index contributed by atoms with van der Waals surface area (Å²) in [5.41, 5.74) is 2.35. The van der Waals surface area contributed by atoms with Gasteiger partial charge in [-0.1, -0.05) is 6.07 Å². The normalized spacial score (nSPS) is 13.9. The van der Waals surface area contributed by atoms with Crippen LogP contribution in [0.15, 0.2) is 41.3 Å². The highest BCUT2D eigenvalue weighted by Gasteiger charge is 2.18. The molecular weight excluding hydrogens is 374 g/mol. The fourth-order valence-corrected chi connectivity index (χ4v) is 4.14. The number of sulfonamides is 1. The maximum atomic E-state index is 13.1. The largest absolute Gasteiger partial charge is 0.326 e. The molecule has 8 heteroatoms. The van der Waals surface area contributed by atoms with E-state index < -0.39 is 27.6 Å². The van der Waals surface area contributed by atoms with E-state index >= 15 is 0 Å². The van der Waals surface area contributed by atoms with E-state index in [1.165, 1.54) is 11.6 Å². The maximum absolute atomic E-state index is 13.1. The first kappa shape index (κ1) is 19.4. The molecule has 2 aromatic rings. The molecule has 144 valence electrons. The zero-order valence-corrected chi connectivity index (χ0v) is 15.4. The lowest BCUT2D eigenvalue weighted by Crippen LogP contribution is -2.28. The Kier molecular flexibility index (Phi) is 5.86. The van der Waals surface area contributed by atoms with E-state index in [2.05, 4.69) is 10.0 Å². The van der Waals surface area contributed by atoms with E-state index in [9.17, 15) is 22.0 Å². The number of carbonyl (C=O) groups is 1. The van der Waals surface area contributed by atoms with Crippen LogP contribution in [0.4, 0.5) is 14.5 Å². The van der Waals surface area contributed by atoms with Crippen LogP contribution in [-0.4, -0.2) is 20.9 Å². The molecule has 27 heavy (non-hydrogen) atoms. The summed E-state index contributed by atoms with van der Waals surface area (Å²) in [6, 6.07) is 8.12. The smallest absolute Gasteiger partial charge is 0.240 e. The number of hydrogen-bond donors (Lipinski definition) is 2. The number of carbonyl (C=O) groups excluding carboxylic acids is 1. The van der Waals surface area contributed by atoms with Gasteiger partial charge in [0.25, 0.3) is 0 Å². The number of aryl methyl sites for hydroxylation is 2.